The van der Waals surface area contributed by atoms with Crippen LogP contribution in [0.5, 0.6) is 0 Å². The number of piperidine rings is 1. The number of aromatic nitrogens is 1. The largest absolute Gasteiger partial charge is 0.480 e. The highest BCUT2D eigenvalue weighted by Crippen LogP contribution is 2.33. The number of nitrogens with two attached hydrogens (primary N) is 1. The molecule has 0 bridgehead atoms. The first-order valence-corrected chi connectivity index (χ1v) is 9.80. The van der Waals surface area contributed by atoms with Crippen molar-refractivity contribution in [2.45, 2.75) is 50.9 Å². The number of oxazole rings is 1. The summed E-state index contributed by atoms with van der Waals surface area (Å²) in [4.78, 5) is 18.5. The van der Waals surface area contributed by atoms with Crippen LogP contribution in [-0.2, 0) is 4.79 Å². The fraction of sp³-hybridized carbons (Fsp3) is 0.579. The van der Waals surface area contributed by atoms with E-state index in [1.54, 1.807) is 0 Å². The molecule has 1 fully saturated rings. The molecule has 1 aliphatic heterocycles. The molecule has 0 aliphatic carbocycles. The molecule has 0 amide bonds. The summed E-state index contributed by atoms with van der Waals surface area (Å²) in [6.45, 7) is 3.28. The molecule has 0 spiro atoms. The van der Waals surface area contributed by atoms with Gasteiger partial charge in [0.1, 0.15) is 11.1 Å². The first-order valence-electron chi connectivity index (χ1n) is 9.80. The summed E-state index contributed by atoms with van der Waals surface area (Å²) in [5, 5.41) is 27.6. The zero-order valence-electron chi connectivity index (χ0n) is 16.2. The van der Waals surface area contributed by atoms with E-state index >= 15 is 0 Å². The SMILES string of the molecule is Cc1ccc2nc(N3CCC(C(N)(CCCCB(O)O)C(=O)O)CC3)oc2c1. The maximum Gasteiger partial charge on any atom is 0.451 e. The highest BCUT2D eigenvalue weighted by molar-refractivity contribution is 6.40. The third-order valence-corrected chi connectivity index (χ3v) is 5.73. The van der Waals surface area contributed by atoms with Gasteiger partial charge in [0.25, 0.3) is 6.01 Å². The molecular weight excluding hydrogens is 361 g/mol. The van der Waals surface area contributed by atoms with Crippen molar-refractivity contribution in [1.29, 1.82) is 0 Å². The lowest BCUT2D eigenvalue weighted by Gasteiger charge is -2.39. The summed E-state index contributed by atoms with van der Waals surface area (Å²) >= 11 is 0. The van der Waals surface area contributed by atoms with Gasteiger partial charge in [0.15, 0.2) is 5.58 Å². The van der Waals surface area contributed by atoms with E-state index in [1.165, 1.54) is 0 Å². The molecule has 8 nitrogen and oxygen atoms in total. The summed E-state index contributed by atoms with van der Waals surface area (Å²) in [7, 11) is -1.36. The number of hydrogen-bond donors (Lipinski definition) is 4. The Labute approximate surface area is 164 Å². The molecule has 3 rings (SSSR count). The van der Waals surface area contributed by atoms with Crippen LogP contribution in [-0.4, -0.2) is 51.9 Å². The van der Waals surface area contributed by atoms with Crippen LogP contribution >= 0.6 is 0 Å². The minimum atomic E-state index is -1.36. The Bertz CT molecular complexity index is 819. The van der Waals surface area contributed by atoms with Gasteiger partial charge in [0, 0.05) is 13.1 Å². The molecule has 5 N–H and O–H groups in total. The quantitative estimate of drug-likeness (QED) is 0.397. The minimum Gasteiger partial charge on any atom is -0.480 e. The van der Waals surface area contributed by atoms with E-state index in [9.17, 15) is 9.90 Å². The number of unbranched alkanes of at least 4 members (excludes halogenated alkanes) is 1. The summed E-state index contributed by atoms with van der Waals surface area (Å²) < 4.78 is 5.88. The van der Waals surface area contributed by atoms with Crippen molar-refractivity contribution >= 4 is 30.2 Å². The van der Waals surface area contributed by atoms with Gasteiger partial charge in [-0.1, -0.05) is 18.9 Å². The van der Waals surface area contributed by atoms with Gasteiger partial charge in [-0.25, -0.2) is 0 Å². The molecule has 2 aromatic rings. The van der Waals surface area contributed by atoms with E-state index in [4.69, 9.17) is 20.2 Å². The number of anilines is 1. The molecule has 1 unspecified atom stereocenters. The number of aliphatic carboxylic acids is 1. The van der Waals surface area contributed by atoms with Gasteiger partial charge in [-0.2, -0.15) is 4.98 Å². The molecule has 1 aromatic carbocycles. The average molecular weight is 389 g/mol. The highest BCUT2D eigenvalue weighted by atomic mass is 16.4. The Hall–Kier alpha value is -2.10. The Kier molecular flexibility index (Phi) is 6.27. The summed E-state index contributed by atoms with van der Waals surface area (Å²) in [6, 6.07) is 6.45. The topological polar surface area (TPSA) is 133 Å². The standard InChI is InChI=1S/C19H28BN3O5/c1-13-4-5-15-16(12-13)28-18(22-15)23-10-6-14(7-11-23)19(21,17(24)25)8-2-3-9-20(26)27/h4-5,12,14,26-27H,2-3,6-11,21H2,1H3,(H,24,25). The van der Waals surface area contributed by atoms with Gasteiger partial charge in [-0.3, -0.25) is 4.79 Å². The number of benzene rings is 1. The van der Waals surface area contributed by atoms with Crippen LogP contribution in [0.3, 0.4) is 0 Å². The molecule has 2 heterocycles. The molecule has 28 heavy (non-hydrogen) atoms. The average Bonchev–Trinajstić information content (AvgIpc) is 3.08. The van der Waals surface area contributed by atoms with Crippen molar-refractivity contribution in [3.05, 3.63) is 23.8 Å². The number of carbonyl (C=O) groups is 1. The molecule has 1 saturated heterocycles. The molecule has 0 saturated carbocycles. The first kappa shape index (κ1) is 20.6. The van der Waals surface area contributed by atoms with Crippen molar-refractivity contribution in [1.82, 2.24) is 4.98 Å². The fourth-order valence-electron chi connectivity index (χ4n) is 3.97. The lowest BCUT2D eigenvalue weighted by atomic mass is 9.74. The third-order valence-electron chi connectivity index (χ3n) is 5.73. The fourth-order valence-corrected chi connectivity index (χ4v) is 3.97. The number of fused-ring (bicyclic) bond motifs is 1. The Morgan fingerprint density at radius 1 is 1.36 bits per heavy atom. The number of carboxylic acids is 1. The van der Waals surface area contributed by atoms with Gasteiger partial charge in [-0.15, -0.1) is 0 Å². The van der Waals surface area contributed by atoms with E-state index < -0.39 is 18.6 Å². The Morgan fingerprint density at radius 3 is 2.71 bits per heavy atom. The van der Waals surface area contributed by atoms with E-state index in [-0.39, 0.29) is 12.2 Å². The second-order valence-corrected chi connectivity index (χ2v) is 7.80. The number of nitrogens with zero attached hydrogens (tertiary/aromatic N) is 2. The zero-order valence-corrected chi connectivity index (χ0v) is 16.2. The van der Waals surface area contributed by atoms with Crippen LogP contribution < -0.4 is 10.6 Å². The normalized spacial score (nSPS) is 17.6. The summed E-state index contributed by atoms with van der Waals surface area (Å²) in [6.07, 6.45) is 2.91. The summed E-state index contributed by atoms with van der Waals surface area (Å²) in [5.41, 5.74) is 7.68. The number of hydrogen-bond acceptors (Lipinski definition) is 7. The first-order chi connectivity index (χ1) is 13.3. The van der Waals surface area contributed by atoms with Crippen molar-refractivity contribution in [2.24, 2.45) is 11.7 Å². The number of carboxylic acid groups (broad SMARTS) is 1. The van der Waals surface area contributed by atoms with Gasteiger partial charge in [0.05, 0.1) is 0 Å². The van der Waals surface area contributed by atoms with Gasteiger partial charge in [0.2, 0.25) is 0 Å². The molecule has 9 heteroatoms. The monoisotopic (exact) mass is 389 g/mol. The molecule has 152 valence electrons. The van der Waals surface area contributed by atoms with Crippen molar-refractivity contribution in [3.63, 3.8) is 0 Å². The third kappa shape index (κ3) is 4.48. The van der Waals surface area contributed by atoms with Crippen LogP contribution in [0.1, 0.15) is 37.7 Å². The Morgan fingerprint density at radius 2 is 2.07 bits per heavy atom. The second kappa shape index (κ2) is 8.51. The van der Waals surface area contributed by atoms with Crippen LogP contribution in [0, 0.1) is 12.8 Å². The number of rotatable bonds is 8. The zero-order chi connectivity index (χ0) is 20.3. The smallest absolute Gasteiger partial charge is 0.451 e. The maximum atomic E-state index is 11.9. The predicted molar refractivity (Wildman–Crippen MR) is 107 cm³/mol. The van der Waals surface area contributed by atoms with Crippen LogP contribution in [0.15, 0.2) is 22.6 Å². The number of aryl methyl sites for hydroxylation is 1. The lowest BCUT2D eigenvalue weighted by molar-refractivity contribution is -0.146. The lowest BCUT2D eigenvalue weighted by Crippen LogP contribution is -2.57. The van der Waals surface area contributed by atoms with E-state index in [1.807, 2.05) is 30.0 Å². The molecule has 1 atom stereocenters. The molecule has 0 radical (unpaired) electrons. The van der Waals surface area contributed by atoms with Crippen LogP contribution in [0.25, 0.3) is 11.1 Å². The summed E-state index contributed by atoms with van der Waals surface area (Å²) in [5.74, 6) is -1.14. The van der Waals surface area contributed by atoms with E-state index in [0.717, 1.165) is 16.7 Å². The van der Waals surface area contributed by atoms with E-state index in [2.05, 4.69) is 4.98 Å². The van der Waals surface area contributed by atoms with Gasteiger partial charge in [-0.05, 0) is 56.1 Å². The molecule has 1 aliphatic rings. The van der Waals surface area contributed by atoms with Crippen molar-refractivity contribution < 1.29 is 24.4 Å². The highest BCUT2D eigenvalue weighted by Gasteiger charge is 2.43. The predicted octanol–water partition coefficient (Wildman–Crippen LogP) is 1.78. The molecular formula is C19H28BN3O5. The minimum absolute atomic E-state index is 0.146. The van der Waals surface area contributed by atoms with E-state index in [0.29, 0.717) is 51.2 Å². The second-order valence-electron chi connectivity index (χ2n) is 7.80. The van der Waals surface area contributed by atoms with Crippen LogP contribution in [0.4, 0.5) is 6.01 Å². The van der Waals surface area contributed by atoms with Crippen LogP contribution in [0.2, 0.25) is 6.32 Å². The maximum absolute atomic E-state index is 11.9. The van der Waals surface area contributed by atoms with Crippen molar-refractivity contribution in [3.8, 4) is 0 Å². The van der Waals surface area contributed by atoms with Crippen molar-refractivity contribution in [2.75, 3.05) is 18.0 Å². The van der Waals surface area contributed by atoms with Gasteiger partial charge >= 0.3 is 13.1 Å². The molecule has 1 aromatic heterocycles. The Balaban J connectivity index is 1.62. The van der Waals surface area contributed by atoms with Gasteiger partial charge < -0.3 is 30.2 Å².